The summed E-state index contributed by atoms with van der Waals surface area (Å²) < 4.78 is 1.93. The Morgan fingerprint density at radius 2 is 1.68 bits per heavy atom. The quantitative estimate of drug-likeness (QED) is 0.415. The summed E-state index contributed by atoms with van der Waals surface area (Å²) in [6.45, 7) is 6.59. The van der Waals surface area contributed by atoms with Crippen molar-refractivity contribution in [3.05, 3.63) is 72.3 Å². The average molecular weight is 431 g/mol. The molecule has 0 saturated heterocycles. The van der Waals surface area contributed by atoms with Crippen LogP contribution in [-0.4, -0.2) is 26.4 Å². The third-order valence-corrected chi connectivity index (χ3v) is 6.26. The number of hydrogen-bond acceptors (Lipinski definition) is 4. The molecule has 5 nitrogen and oxygen atoms in total. The third kappa shape index (κ3) is 4.64. The van der Waals surface area contributed by atoms with Crippen molar-refractivity contribution in [2.75, 3.05) is 11.1 Å². The number of hydrogen-bond donors (Lipinski definition) is 1. The van der Waals surface area contributed by atoms with E-state index in [1.54, 1.807) is 0 Å². The van der Waals surface area contributed by atoms with Crippen molar-refractivity contribution in [1.29, 1.82) is 0 Å². The minimum atomic E-state index is -0.0690. The number of aromatic nitrogens is 3. The van der Waals surface area contributed by atoms with E-state index in [9.17, 15) is 4.79 Å². The van der Waals surface area contributed by atoms with E-state index in [0.29, 0.717) is 5.16 Å². The molecule has 4 aromatic rings. The summed E-state index contributed by atoms with van der Waals surface area (Å²) >= 11 is 1.38. The molecule has 1 N–H and O–H groups in total. The molecule has 158 valence electrons. The monoisotopic (exact) mass is 430 g/mol. The first-order chi connectivity index (χ1) is 14.8. The van der Waals surface area contributed by atoms with Crippen LogP contribution in [0, 0.1) is 0 Å². The molecule has 0 saturated carbocycles. The first-order valence-corrected chi connectivity index (χ1v) is 11.2. The fourth-order valence-electron chi connectivity index (χ4n) is 3.46. The van der Waals surface area contributed by atoms with Gasteiger partial charge in [0, 0.05) is 23.7 Å². The molecule has 0 atom stereocenters. The van der Waals surface area contributed by atoms with Crippen molar-refractivity contribution in [2.45, 2.75) is 31.3 Å². The zero-order valence-corrected chi connectivity index (χ0v) is 19.0. The molecule has 3 aromatic carbocycles. The van der Waals surface area contributed by atoms with Gasteiger partial charge in [0.25, 0.3) is 0 Å². The van der Waals surface area contributed by atoms with Gasteiger partial charge in [0.05, 0.1) is 5.75 Å². The predicted octanol–water partition coefficient (Wildman–Crippen LogP) is 5.66. The van der Waals surface area contributed by atoms with Gasteiger partial charge in [-0.15, -0.1) is 10.2 Å². The van der Waals surface area contributed by atoms with E-state index in [4.69, 9.17) is 0 Å². The second-order valence-electron chi connectivity index (χ2n) is 8.56. The molecular weight excluding hydrogens is 404 g/mol. The Hall–Kier alpha value is -3.12. The van der Waals surface area contributed by atoms with Crippen molar-refractivity contribution >= 4 is 34.1 Å². The molecule has 0 radical (unpaired) electrons. The minimum Gasteiger partial charge on any atom is -0.325 e. The molecule has 0 spiro atoms. The van der Waals surface area contributed by atoms with Crippen LogP contribution in [-0.2, 0) is 17.3 Å². The number of fused-ring (bicyclic) bond motifs is 1. The summed E-state index contributed by atoms with van der Waals surface area (Å²) in [6, 6.07) is 22.3. The largest absolute Gasteiger partial charge is 0.325 e. The zero-order valence-electron chi connectivity index (χ0n) is 18.2. The van der Waals surface area contributed by atoms with Gasteiger partial charge in [-0.1, -0.05) is 93.2 Å². The summed E-state index contributed by atoms with van der Waals surface area (Å²) in [5.74, 6) is 0.982. The molecule has 0 aliphatic carbocycles. The van der Waals surface area contributed by atoms with E-state index in [1.165, 1.54) is 17.3 Å². The second-order valence-corrected chi connectivity index (χ2v) is 9.50. The summed E-state index contributed by atoms with van der Waals surface area (Å²) in [6.07, 6.45) is 0. The smallest absolute Gasteiger partial charge is 0.234 e. The van der Waals surface area contributed by atoms with Gasteiger partial charge in [0.1, 0.15) is 0 Å². The lowest BCUT2D eigenvalue weighted by molar-refractivity contribution is -0.113. The van der Waals surface area contributed by atoms with E-state index in [0.717, 1.165) is 27.8 Å². The number of carbonyl (C=O) groups excluding carboxylic acids is 1. The highest BCUT2D eigenvalue weighted by atomic mass is 32.2. The lowest BCUT2D eigenvalue weighted by Crippen LogP contribution is -2.14. The lowest BCUT2D eigenvalue weighted by atomic mass is 9.87. The van der Waals surface area contributed by atoms with E-state index in [2.05, 4.69) is 60.6 Å². The summed E-state index contributed by atoms with van der Waals surface area (Å²) in [7, 11) is 1.93. The van der Waals surface area contributed by atoms with Crippen molar-refractivity contribution in [2.24, 2.45) is 7.05 Å². The molecule has 6 heteroatoms. The van der Waals surface area contributed by atoms with Crippen LogP contribution in [0.15, 0.2) is 71.9 Å². The molecule has 0 aliphatic heterocycles. The van der Waals surface area contributed by atoms with E-state index >= 15 is 0 Å². The van der Waals surface area contributed by atoms with E-state index < -0.39 is 0 Å². The molecule has 4 rings (SSSR count). The molecule has 0 unspecified atom stereocenters. The Balaban J connectivity index is 1.44. The van der Waals surface area contributed by atoms with Gasteiger partial charge in [-0.25, -0.2) is 0 Å². The van der Waals surface area contributed by atoms with Crippen molar-refractivity contribution < 1.29 is 4.79 Å². The lowest BCUT2D eigenvalue weighted by Gasteiger charge is -2.19. The highest BCUT2D eigenvalue weighted by molar-refractivity contribution is 7.99. The second kappa shape index (κ2) is 8.55. The van der Waals surface area contributed by atoms with Gasteiger partial charge < -0.3 is 9.88 Å². The first kappa shape index (κ1) is 21.1. The molecule has 1 amide bonds. The Bertz CT molecular complexity index is 1220. The van der Waals surface area contributed by atoms with Crippen molar-refractivity contribution in [1.82, 2.24) is 14.8 Å². The van der Waals surface area contributed by atoms with Crippen LogP contribution in [0.4, 0.5) is 5.69 Å². The normalized spacial score (nSPS) is 11.6. The molecule has 0 aliphatic rings. The van der Waals surface area contributed by atoms with Gasteiger partial charge in [0.15, 0.2) is 11.0 Å². The number of anilines is 1. The molecule has 0 fully saturated rings. The number of nitrogens with one attached hydrogen (secondary N) is 1. The standard InChI is InChI=1S/C25H26N4OS/c1-25(2,3)19-14-12-18(13-15-19)23-27-28-24(29(23)4)31-16-22(30)26-21-11-7-9-17-8-5-6-10-20(17)21/h5-15H,16H2,1-4H3,(H,26,30). The third-order valence-electron chi connectivity index (χ3n) is 5.24. The van der Waals surface area contributed by atoms with Crippen molar-refractivity contribution in [3.8, 4) is 11.4 Å². The molecule has 1 aromatic heterocycles. The molecule has 0 bridgehead atoms. The van der Waals surface area contributed by atoms with Gasteiger partial charge in [-0.05, 0) is 22.4 Å². The van der Waals surface area contributed by atoms with Gasteiger partial charge in [0.2, 0.25) is 5.91 Å². The number of nitrogens with zero attached hydrogens (tertiary/aromatic N) is 3. The molecular formula is C25H26N4OS. The number of rotatable bonds is 5. The maximum Gasteiger partial charge on any atom is 0.234 e. The summed E-state index contributed by atoms with van der Waals surface area (Å²) in [5.41, 5.74) is 3.21. The highest BCUT2D eigenvalue weighted by Gasteiger charge is 2.16. The number of amides is 1. The van der Waals surface area contributed by atoms with Gasteiger partial charge in [-0.2, -0.15) is 0 Å². The number of benzene rings is 3. The maximum absolute atomic E-state index is 12.6. The SMILES string of the molecule is Cn1c(SCC(=O)Nc2cccc3ccccc23)nnc1-c1ccc(C(C)(C)C)cc1. The Kier molecular flexibility index (Phi) is 5.83. The first-order valence-electron chi connectivity index (χ1n) is 10.2. The minimum absolute atomic E-state index is 0.0690. The van der Waals surface area contributed by atoms with Crippen molar-refractivity contribution in [3.63, 3.8) is 0 Å². The fraction of sp³-hybridized carbons (Fsp3) is 0.240. The Morgan fingerprint density at radius 3 is 2.42 bits per heavy atom. The fourth-order valence-corrected chi connectivity index (χ4v) is 4.17. The molecule has 31 heavy (non-hydrogen) atoms. The van der Waals surface area contributed by atoms with Crippen LogP contribution >= 0.6 is 11.8 Å². The topological polar surface area (TPSA) is 59.8 Å². The van der Waals surface area contributed by atoms with Crippen LogP contribution in [0.2, 0.25) is 0 Å². The van der Waals surface area contributed by atoms with Crippen LogP contribution in [0.1, 0.15) is 26.3 Å². The highest BCUT2D eigenvalue weighted by Crippen LogP contribution is 2.27. The van der Waals surface area contributed by atoms with Crippen LogP contribution < -0.4 is 5.32 Å². The summed E-state index contributed by atoms with van der Waals surface area (Å²) in [5, 5.41) is 14.5. The van der Waals surface area contributed by atoms with Gasteiger partial charge in [-0.3, -0.25) is 4.79 Å². The zero-order chi connectivity index (χ0) is 22.0. The van der Waals surface area contributed by atoms with Crippen LogP contribution in [0.3, 0.4) is 0 Å². The maximum atomic E-state index is 12.6. The van der Waals surface area contributed by atoms with Crippen LogP contribution in [0.5, 0.6) is 0 Å². The van der Waals surface area contributed by atoms with Crippen LogP contribution in [0.25, 0.3) is 22.2 Å². The van der Waals surface area contributed by atoms with E-state index in [1.807, 2.05) is 54.1 Å². The van der Waals surface area contributed by atoms with E-state index in [-0.39, 0.29) is 17.1 Å². The van der Waals surface area contributed by atoms with Gasteiger partial charge >= 0.3 is 0 Å². The predicted molar refractivity (Wildman–Crippen MR) is 128 cm³/mol. The number of thioether (sulfide) groups is 1. The number of carbonyl (C=O) groups is 1. The molecule has 1 heterocycles. The average Bonchev–Trinajstić information content (AvgIpc) is 3.12. The Labute approximate surface area is 186 Å². The summed E-state index contributed by atoms with van der Waals surface area (Å²) in [4.78, 5) is 12.6. The Morgan fingerprint density at radius 1 is 0.968 bits per heavy atom.